The van der Waals surface area contributed by atoms with E-state index < -0.39 is 26.4 Å². The fourth-order valence-corrected chi connectivity index (χ4v) is 4.11. The molecule has 11 heteroatoms. The normalized spacial score (nSPS) is 14.2. The number of benzene rings is 1. The smallest absolute Gasteiger partial charge is 0.341 e. The predicted molar refractivity (Wildman–Crippen MR) is 109 cm³/mol. The first-order valence-corrected chi connectivity index (χ1v) is 11.1. The van der Waals surface area contributed by atoms with Crippen LogP contribution in [0, 0.1) is 6.92 Å². The maximum Gasteiger partial charge on any atom is 0.341 e. The summed E-state index contributed by atoms with van der Waals surface area (Å²) in [6.07, 6.45) is 2.25. The zero-order valence-corrected chi connectivity index (χ0v) is 17.3. The van der Waals surface area contributed by atoms with Crippen molar-refractivity contribution in [3.05, 3.63) is 41.6 Å². The Morgan fingerprint density at radius 2 is 1.87 bits per heavy atom. The number of nitrogens with zero attached hydrogens (tertiary/aromatic N) is 3. The number of amides is 1. The van der Waals surface area contributed by atoms with Gasteiger partial charge in [0, 0.05) is 37.9 Å². The Balaban J connectivity index is 1.60. The van der Waals surface area contributed by atoms with Gasteiger partial charge in [0.2, 0.25) is 15.8 Å². The van der Waals surface area contributed by atoms with Crippen LogP contribution in [0.2, 0.25) is 0 Å². The van der Waals surface area contributed by atoms with Crippen molar-refractivity contribution in [2.75, 3.05) is 36.4 Å². The summed E-state index contributed by atoms with van der Waals surface area (Å²) in [5, 5.41) is 5.55. The van der Waals surface area contributed by atoms with Gasteiger partial charge < -0.3 is 15.5 Å². The monoisotopic (exact) mass is 439 g/mol. The van der Waals surface area contributed by atoms with Gasteiger partial charge in [0.1, 0.15) is 5.82 Å². The first-order valence-electron chi connectivity index (χ1n) is 9.53. The summed E-state index contributed by atoms with van der Waals surface area (Å²) in [7, 11) is -4.88. The molecule has 2 heterocycles. The van der Waals surface area contributed by atoms with Crippen LogP contribution in [-0.2, 0) is 9.84 Å². The number of hydrogen-bond donors (Lipinski definition) is 2. The van der Waals surface area contributed by atoms with Gasteiger partial charge in [0.15, 0.2) is 0 Å². The molecule has 0 saturated carbocycles. The second kappa shape index (κ2) is 9.33. The molecule has 3 rings (SSSR count). The quantitative estimate of drug-likeness (QED) is 0.608. The second-order valence-corrected chi connectivity index (χ2v) is 8.76. The molecule has 1 aliphatic heterocycles. The van der Waals surface area contributed by atoms with Crippen molar-refractivity contribution >= 4 is 27.5 Å². The lowest BCUT2D eigenvalue weighted by atomic mass is 10.2. The minimum absolute atomic E-state index is 0.123. The maximum absolute atomic E-state index is 12.9. The van der Waals surface area contributed by atoms with Crippen LogP contribution in [0.1, 0.15) is 28.9 Å². The van der Waals surface area contributed by atoms with Crippen LogP contribution in [0.25, 0.3) is 0 Å². The predicted octanol–water partition coefficient (Wildman–Crippen LogP) is 2.22. The lowest BCUT2D eigenvalue weighted by Crippen LogP contribution is -2.30. The first kappa shape index (κ1) is 21.9. The first-order chi connectivity index (χ1) is 14.3. The Labute approximate surface area is 173 Å². The summed E-state index contributed by atoms with van der Waals surface area (Å²) < 4.78 is 49.3. The third-order valence-electron chi connectivity index (χ3n) is 4.64. The summed E-state index contributed by atoms with van der Waals surface area (Å²) in [5.74, 6) is -3.08. The lowest BCUT2D eigenvalue weighted by molar-refractivity contribution is 0.0951. The molecule has 0 radical (unpaired) electrons. The van der Waals surface area contributed by atoms with Crippen molar-refractivity contribution < 1.29 is 22.0 Å². The molecule has 2 aromatic rings. The van der Waals surface area contributed by atoms with Crippen molar-refractivity contribution in [3.63, 3.8) is 0 Å². The van der Waals surface area contributed by atoms with E-state index in [4.69, 9.17) is 0 Å². The molecule has 30 heavy (non-hydrogen) atoms. The van der Waals surface area contributed by atoms with E-state index in [1.54, 1.807) is 0 Å². The SMILES string of the molecule is Cc1cc(N2CCCC2)nc(NCCNC(=O)c2ccccc2S(=O)(=O)C(F)F)n1. The summed E-state index contributed by atoms with van der Waals surface area (Å²) in [6.45, 7) is 4.17. The number of aryl methyl sites for hydroxylation is 1. The van der Waals surface area contributed by atoms with Crippen LogP contribution in [0.3, 0.4) is 0 Å². The number of alkyl halides is 2. The summed E-state index contributed by atoms with van der Waals surface area (Å²) in [4.78, 5) is 22.6. The number of carbonyl (C=O) groups excluding carboxylic acids is 1. The summed E-state index contributed by atoms with van der Waals surface area (Å²) in [5.41, 5.74) is 0.491. The van der Waals surface area contributed by atoms with Gasteiger partial charge in [-0.2, -0.15) is 13.8 Å². The van der Waals surface area contributed by atoms with Crippen molar-refractivity contribution in [2.24, 2.45) is 0 Å². The highest BCUT2D eigenvalue weighted by Crippen LogP contribution is 2.22. The third kappa shape index (κ3) is 5.02. The summed E-state index contributed by atoms with van der Waals surface area (Å²) >= 11 is 0. The number of hydrogen-bond acceptors (Lipinski definition) is 7. The van der Waals surface area contributed by atoms with Crippen molar-refractivity contribution in [2.45, 2.75) is 30.4 Å². The highest BCUT2D eigenvalue weighted by molar-refractivity contribution is 7.91. The molecule has 1 fully saturated rings. The number of rotatable bonds is 8. The van der Waals surface area contributed by atoms with Crippen LogP contribution in [0.15, 0.2) is 35.2 Å². The maximum atomic E-state index is 12.9. The van der Waals surface area contributed by atoms with E-state index in [9.17, 15) is 22.0 Å². The molecular formula is C19H23F2N5O3S. The van der Waals surface area contributed by atoms with E-state index in [1.807, 2.05) is 13.0 Å². The van der Waals surface area contributed by atoms with Gasteiger partial charge >= 0.3 is 5.76 Å². The molecule has 0 atom stereocenters. The number of sulfone groups is 1. The minimum Gasteiger partial charge on any atom is -0.356 e. The van der Waals surface area contributed by atoms with Crippen LogP contribution in [0.5, 0.6) is 0 Å². The van der Waals surface area contributed by atoms with E-state index in [1.165, 1.54) is 18.2 Å². The molecule has 2 N–H and O–H groups in total. The fourth-order valence-electron chi connectivity index (χ4n) is 3.18. The average Bonchev–Trinajstić information content (AvgIpc) is 3.25. The molecule has 0 bridgehead atoms. The van der Waals surface area contributed by atoms with Gasteiger partial charge in [-0.1, -0.05) is 12.1 Å². The van der Waals surface area contributed by atoms with Crippen LogP contribution in [0.4, 0.5) is 20.5 Å². The standard InChI is InChI=1S/C19H23F2N5O3S/c1-13-12-16(26-10-4-5-11-26)25-19(24-13)23-9-8-22-17(27)14-6-2-3-7-15(14)30(28,29)18(20)21/h2-3,6-7,12,18H,4-5,8-11H2,1H3,(H,22,27)(H,23,24,25). The Morgan fingerprint density at radius 1 is 1.17 bits per heavy atom. The van der Waals surface area contributed by atoms with Gasteiger partial charge in [-0.3, -0.25) is 4.79 Å². The zero-order valence-electron chi connectivity index (χ0n) is 16.4. The number of carbonyl (C=O) groups is 1. The average molecular weight is 439 g/mol. The molecule has 0 spiro atoms. The second-order valence-electron chi connectivity index (χ2n) is 6.87. The van der Waals surface area contributed by atoms with Crippen LogP contribution < -0.4 is 15.5 Å². The van der Waals surface area contributed by atoms with E-state index in [0.717, 1.165) is 43.5 Å². The molecule has 1 aliphatic rings. The van der Waals surface area contributed by atoms with Gasteiger partial charge in [-0.05, 0) is 31.9 Å². The van der Waals surface area contributed by atoms with Gasteiger partial charge in [-0.25, -0.2) is 13.4 Å². The number of anilines is 2. The molecular weight excluding hydrogens is 416 g/mol. The molecule has 162 valence electrons. The van der Waals surface area contributed by atoms with Crippen molar-refractivity contribution in [1.29, 1.82) is 0 Å². The molecule has 1 saturated heterocycles. The van der Waals surface area contributed by atoms with Gasteiger partial charge in [0.05, 0.1) is 10.5 Å². The van der Waals surface area contributed by atoms with E-state index in [-0.39, 0.29) is 18.7 Å². The van der Waals surface area contributed by atoms with Crippen LogP contribution >= 0.6 is 0 Å². The fraction of sp³-hybridized carbons (Fsp3) is 0.421. The Kier molecular flexibility index (Phi) is 6.80. The highest BCUT2D eigenvalue weighted by Gasteiger charge is 2.30. The zero-order chi connectivity index (χ0) is 21.7. The van der Waals surface area contributed by atoms with E-state index in [0.29, 0.717) is 5.95 Å². The Hall–Kier alpha value is -2.82. The van der Waals surface area contributed by atoms with Crippen LogP contribution in [-0.4, -0.2) is 56.2 Å². The largest absolute Gasteiger partial charge is 0.356 e. The van der Waals surface area contributed by atoms with Gasteiger partial charge in [0.25, 0.3) is 5.91 Å². The number of nitrogens with one attached hydrogen (secondary N) is 2. The molecule has 0 unspecified atom stereocenters. The minimum atomic E-state index is -4.88. The third-order valence-corrected chi connectivity index (χ3v) is 6.08. The highest BCUT2D eigenvalue weighted by atomic mass is 32.2. The number of aromatic nitrogens is 2. The van der Waals surface area contributed by atoms with E-state index in [2.05, 4.69) is 25.5 Å². The molecule has 8 nitrogen and oxygen atoms in total. The lowest BCUT2D eigenvalue weighted by Gasteiger charge is -2.17. The van der Waals surface area contributed by atoms with E-state index >= 15 is 0 Å². The molecule has 1 amide bonds. The topological polar surface area (TPSA) is 104 Å². The molecule has 0 aliphatic carbocycles. The Morgan fingerprint density at radius 3 is 2.57 bits per heavy atom. The summed E-state index contributed by atoms with van der Waals surface area (Å²) in [6, 6.07) is 6.82. The van der Waals surface area contributed by atoms with Gasteiger partial charge in [-0.15, -0.1) is 0 Å². The Bertz CT molecular complexity index is 1010. The number of halogens is 2. The molecule has 1 aromatic carbocycles. The van der Waals surface area contributed by atoms with Crippen molar-refractivity contribution in [1.82, 2.24) is 15.3 Å². The van der Waals surface area contributed by atoms with Crippen molar-refractivity contribution in [3.8, 4) is 0 Å². The molecule has 1 aromatic heterocycles.